The van der Waals surface area contributed by atoms with Gasteiger partial charge in [-0.1, -0.05) is 156 Å². The predicted molar refractivity (Wildman–Crippen MR) is 232 cm³/mol. The molecule has 2 heterocycles. The molecule has 0 unspecified atom stereocenters. The number of fused-ring (bicyclic) bond motifs is 3. The highest BCUT2D eigenvalue weighted by molar-refractivity contribution is 7.11. The molecule has 0 aliphatic heterocycles. The Morgan fingerprint density at radius 1 is 0.481 bits per heavy atom. The molecule has 6 aromatic rings. The standard InChI is InChI=1S/C50H52S2/c1-4-6-8-13-29-50(30-14-9-7-5-2)48-33-37(3)21-27-44(48)45-28-24-41(36-49(45)50)47-35-39(22-25-42-19-15-31-51-42)46(38-17-11-10-12-18-38)34-40(47)23-26-43-20-16-32-52-43/h10-12,15-28,31-36H,4-9,13-14,29-30H2,1-3H3/b25-22+,26-23+. The van der Waals surface area contributed by atoms with Gasteiger partial charge in [-0.3, -0.25) is 0 Å². The van der Waals surface area contributed by atoms with Gasteiger partial charge in [0.25, 0.3) is 0 Å². The summed E-state index contributed by atoms with van der Waals surface area (Å²) in [5.74, 6) is 0. The van der Waals surface area contributed by atoms with Gasteiger partial charge >= 0.3 is 0 Å². The Morgan fingerprint density at radius 3 is 1.60 bits per heavy atom. The molecule has 1 aliphatic carbocycles. The monoisotopic (exact) mass is 716 g/mol. The van der Waals surface area contributed by atoms with Crippen molar-refractivity contribution in [2.75, 3.05) is 0 Å². The maximum absolute atomic E-state index is 2.61. The average Bonchev–Trinajstić information content (AvgIpc) is 3.95. The maximum atomic E-state index is 2.61. The Morgan fingerprint density at radius 2 is 1.04 bits per heavy atom. The van der Waals surface area contributed by atoms with E-state index in [1.807, 2.05) is 0 Å². The summed E-state index contributed by atoms with van der Waals surface area (Å²) in [5.41, 5.74) is 15.0. The van der Waals surface area contributed by atoms with Gasteiger partial charge < -0.3 is 0 Å². The van der Waals surface area contributed by atoms with Crippen molar-refractivity contribution in [1.82, 2.24) is 0 Å². The van der Waals surface area contributed by atoms with Gasteiger partial charge in [-0.05, 0) is 129 Å². The van der Waals surface area contributed by atoms with Gasteiger partial charge in [-0.2, -0.15) is 0 Å². The Kier molecular flexibility index (Phi) is 11.9. The molecule has 0 atom stereocenters. The summed E-state index contributed by atoms with van der Waals surface area (Å²) >= 11 is 3.57. The predicted octanol–water partition coefficient (Wildman–Crippen LogP) is 16.0. The van der Waals surface area contributed by atoms with Gasteiger partial charge in [0.2, 0.25) is 0 Å². The van der Waals surface area contributed by atoms with E-state index in [2.05, 4.69) is 159 Å². The van der Waals surface area contributed by atoms with Gasteiger partial charge in [-0.25, -0.2) is 0 Å². The SMILES string of the molecule is CCCCCCC1(CCCCCC)c2cc(C)ccc2-c2ccc(-c3cc(/C=C/c4cccs4)c(-c4ccccc4)cc3/C=C/c3cccs3)cc21. The topological polar surface area (TPSA) is 0 Å². The molecule has 0 spiro atoms. The lowest BCUT2D eigenvalue weighted by Crippen LogP contribution is -2.25. The van der Waals surface area contributed by atoms with Gasteiger partial charge in [0, 0.05) is 15.2 Å². The first-order valence-electron chi connectivity index (χ1n) is 19.5. The van der Waals surface area contributed by atoms with Crippen LogP contribution in [0, 0.1) is 6.92 Å². The molecule has 0 radical (unpaired) electrons. The summed E-state index contributed by atoms with van der Waals surface area (Å²) < 4.78 is 0. The van der Waals surface area contributed by atoms with Crippen LogP contribution in [0.5, 0.6) is 0 Å². The average molecular weight is 717 g/mol. The molecular formula is C50H52S2. The number of rotatable bonds is 16. The molecule has 0 saturated heterocycles. The normalized spacial score (nSPS) is 13.3. The molecule has 0 amide bonds. The molecule has 0 N–H and O–H groups in total. The molecule has 0 nitrogen and oxygen atoms in total. The number of thiophene rings is 2. The fourth-order valence-corrected chi connectivity index (χ4v) is 9.53. The third-order valence-corrected chi connectivity index (χ3v) is 12.7. The van der Waals surface area contributed by atoms with Gasteiger partial charge in [0.05, 0.1) is 0 Å². The first kappa shape index (κ1) is 36.1. The lowest BCUT2D eigenvalue weighted by Gasteiger charge is -2.33. The molecule has 0 fully saturated rings. The zero-order valence-corrected chi connectivity index (χ0v) is 32.8. The second-order valence-corrected chi connectivity index (χ2v) is 16.6. The molecule has 1 aliphatic rings. The Labute approximate surface area is 320 Å². The number of hydrogen-bond donors (Lipinski definition) is 0. The van der Waals surface area contributed by atoms with Gasteiger partial charge in [-0.15, -0.1) is 22.7 Å². The summed E-state index contributed by atoms with van der Waals surface area (Å²) in [7, 11) is 0. The van der Waals surface area contributed by atoms with E-state index in [-0.39, 0.29) is 5.41 Å². The van der Waals surface area contributed by atoms with Crippen LogP contribution in [-0.4, -0.2) is 0 Å². The minimum Gasteiger partial charge on any atom is -0.144 e. The first-order valence-corrected chi connectivity index (χ1v) is 21.3. The second-order valence-electron chi connectivity index (χ2n) is 14.6. The summed E-state index contributed by atoms with van der Waals surface area (Å²) in [4.78, 5) is 2.54. The number of aryl methyl sites for hydroxylation is 1. The fourth-order valence-electron chi connectivity index (χ4n) is 8.29. The molecule has 0 bridgehead atoms. The molecule has 7 rings (SSSR count). The van der Waals surface area contributed by atoms with Crippen LogP contribution in [-0.2, 0) is 5.41 Å². The minimum atomic E-state index is 0.0486. The van der Waals surface area contributed by atoms with E-state index >= 15 is 0 Å². The van der Waals surface area contributed by atoms with Crippen molar-refractivity contribution in [2.45, 2.75) is 90.4 Å². The fraction of sp³-hybridized carbons (Fsp3) is 0.280. The summed E-state index contributed by atoms with van der Waals surface area (Å²) in [6.45, 7) is 6.93. The highest BCUT2D eigenvalue weighted by atomic mass is 32.1. The van der Waals surface area contributed by atoms with Crippen LogP contribution in [0.25, 0.3) is 57.7 Å². The highest BCUT2D eigenvalue weighted by Gasteiger charge is 2.42. The Bertz CT molecular complexity index is 2100. The molecule has 4 aromatic carbocycles. The van der Waals surface area contributed by atoms with Crippen molar-refractivity contribution in [1.29, 1.82) is 0 Å². The van der Waals surface area contributed by atoms with Crippen molar-refractivity contribution in [3.63, 3.8) is 0 Å². The molecular weight excluding hydrogens is 665 g/mol. The third-order valence-electron chi connectivity index (χ3n) is 11.0. The molecule has 52 heavy (non-hydrogen) atoms. The molecule has 2 heteroatoms. The Balaban J connectivity index is 1.42. The van der Waals surface area contributed by atoms with Crippen LogP contribution in [0.2, 0.25) is 0 Å². The number of benzene rings is 4. The lowest BCUT2D eigenvalue weighted by atomic mass is 9.70. The van der Waals surface area contributed by atoms with Crippen LogP contribution >= 0.6 is 22.7 Å². The summed E-state index contributed by atoms with van der Waals surface area (Å²) in [6.07, 6.45) is 22.0. The van der Waals surface area contributed by atoms with Crippen LogP contribution < -0.4 is 0 Å². The Hall–Kier alpha value is -4.24. The highest BCUT2D eigenvalue weighted by Crippen LogP contribution is 2.55. The van der Waals surface area contributed by atoms with Crippen LogP contribution in [0.4, 0.5) is 0 Å². The van der Waals surface area contributed by atoms with E-state index in [9.17, 15) is 0 Å². The van der Waals surface area contributed by atoms with E-state index in [0.29, 0.717) is 0 Å². The minimum absolute atomic E-state index is 0.0486. The van der Waals surface area contributed by atoms with E-state index in [1.54, 1.807) is 33.8 Å². The third kappa shape index (κ3) is 7.89. The van der Waals surface area contributed by atoms with E-state index < -0.39 is 0 Å². The van der Waals surface area contributed by atoms with Crippen LogP contribution in [0.1, 0.15) is 116 Å². The molecule has 0 saturated carbocycles. The first-order chi connectivity index (χ1) is 25.6. The largest absolute Gasteiger partial charge is 0.144 e. The maximum Gasteiger partial charge on any atom is 0.0270 e. The number of unbranched alkanes of at least 4 members (excludes halogenated alkanes) is 6. The smallest absolute Gasteiger partial charge is 0.0270 e. The van der Waals surface area contributed by atoms with Gasteiger partial charge in [0.1, 0.15) is 0 Å². The zero-order chi connectivity index (χ0) is 35.8. The molecule has 264 valence electrons. The van der Waals surface area contributed by atoms with Gasteiger partial charge in [0.15, 0.2) is 0 Å². The zero-order valence-electron chi connectivity index (χ0n) is 31.2. The van der Waals surface area contributed by atoms with Crippen molar-refractivity contribution < 1.29 is 0 Å². The van der Waals surface area contributed by atoms with Crippen molar-refractivity contribution in [2.24, 2.45) is 0 Å². The number of hydrogen-bond acceptors (Lipinski definition) is 2. The van der Waals surface area contributed by atoms with Crippen molar-refractivity contribution in [3.8, 4) is 33.4 Å². The van der Waals surface area contributed by atoms with Crippen LogP contribution in [0.3, 0.4) is 0 Å². The quantitative estimate of drug-likeness (QED) is 0.0875. The van der Waals surface area contributed by atoms with E-state index in [0.717, 1.165) is 0 Å². The summed E-state index contributed by atoms with van der Waals surface area (Å²) in [6, 6.07) is 39.2. The summed E-state index contributed by atoms with van der Waals surface area (Å²) in [5, 5.41) is 4.32. The second kappa shape index (κ2) is 17.1. The van der Waals surface area contributed by atoms with E-state index in [4.69, 9.17) is 0 Å². The molecule has 2 aromatic heterocycles. The lowest BCUT2D eigenvalue weighted by molar-refractivity contribution is 0.401. The van der Waals surface area contributed by atoms with Crippen molar-refractivity contribution >= 4 is 47.0 Å². The van der Waals surface area contributed by atoms with Crippen LogP contribution in [0.15, 0.2) is 114 Å². The van der Waals surface area contributed by atoms with E-state index in [1.165, 1.54) is 124 Å². The van der Waals surface area contributed by atoms with Crippen molar-refractivity contribution in [3.05, 3.63) is 151 Å².